The van der Waals surface area contributed by atoms with Gasteiger partial charge in [0.1, 0.15) is 5.54 Å². The molecule has 4 amide bonds. The molecule has 4 rings (SSSR count). The first-order chi connectivity index (χ1) is 14.5. The van der Waals surface area contributed by atoms with Crippen LogP contribution in [0.2, 0.25) is 0 Å². The first kappa shape index (κ1) is 20.8. The Bertz CT molecular complexity index is 783. The molecular weight excluding hydrogens is 380 g/mol. The third-order valence-corrected chi connectivity index (χ3v) is 7.09. The van der Waals surface area contributed by atoms with Crippen LogP contribution in [-0.2, 0) is 9.59 Å². The largest absolute Gasteiger partial charge is 0.344 e. The normalized spacial score (nSPS) is 26.1. The van der Waals surface area contributed by atoms with Crippen molar-refractivity contribution in [3.63, 3.8) is 0 Å². The van der Waals surface area contributed by atoms with E-state index in [2.05, 4.69) is 35.0 Å². The average molecular weight is 413 g/mol. The minimum Gasteiger partial charge on any atom is -0.322 e. The molecule has 0 unspecified atom stereocenters. The smallest absolute Gasteiger partial charge is 0.322 e. The van der Waals surface area contributed by atoms with E-state index in [1.165, 1.54) is 5.56 Å². The van der Waals surface area contributed by atoms with Gasteiger partial charge in [-0.2, -0.15) is 5.01 Å². The SMILES string of the molecule is CN(CC(=O)NN1C(=O)NC2(CCCCC2)C1=O)C1CCC(c2ccccc2)CC1. The quantitative estimate of drug-likeness (QED) is 0.729. The number of nitrogens with one attached hydrogen (secondary N) is 2. The average Bonchev–Trinajstić information content (AvgIpc) is 2.98. The molecule has 7 heteroatoms. The molecular formula is C23H32N4O3. The molecule has 7 nitrogen and oxygen atoms in total. The predicted octanol–water partition coefficient (Wildman–Crippen LogP) is 2.93. The highest BCUT2D eigenvalue weighted by atomic mass is 16.2. The van der Waals surface area contributed by atoms with E-state index in [-0.39, 0.29) is 18.4 Å². The van der Waals surface area contributed by atoms with Crippen LogP contribution >= 0.6 is 0 Å². The number of benzene rings is 1. The van der Waals surface area contributed by atoms with Crippen LogP contribution in [0, 0.1) is 0 Å². The lowest BCUT2D eigenvalue weighted by Gasteiger charge is -2.34. The van der Waals surface area contributed by atoms with Crippen LogP contribution < -0.4 is 10.7 Å². The van der Waals surface area contributed by atoms with E-state index in [4.69, 9.17) is 0 Å². The number of hydrogen-bond donors (Lipinski definition) is 2. The lowest BCUT2D eigenvalue weighted by Crippen LogP contribution is -2.53. The molecule has 1 aromatic carbocycles. The second-order valence-corrected chi connectivity index (χ2v) is 9.08. The van der Waals surface area contributed by atoms with Crippen molar-refractivity contribution in [3.8, 4) is 0 Å². The number of likely N-dealkylation sites (N-methyl/N-ethyl adjacent to an activating group) is 1. The monoisotopic (exact) mass is 412 g/mol. The molecule has 1 aliphatic heterocycles. The molecule has 1 spiro atoms. The zero-order chi connectivity index (χ0) is 21.1. The third-order valence-electron chi connectivity index (χ3n) is 7.09. The van der Waals surface area contributed by atoms with Crippen LogP contribution in [-0.4, -0.2) is 52.9 Å². The summed E-state index contributed by atoms with van der Waals surface area (Å²) < 4.78 is 0. The summed E-state index contributed by atoms with van der Waals surface area (Å²) in [6.45, 7) is 0.171. The third kappa shape index (κ3) is 4.21. The fourth-order valence-electron chi connectivity index (χ4n) is 5.31. The van der Waals surface area contributed by atoms with E-state index in [1.54, 1.807) is 0 Å². The minimum absolute atomic E-state index is 0.171. The van der Waals surface area contributed by atoms with Gasteiger partial charge in [0.2, 0.25) is 0 Å². The Labute approximate surface area is 178 Å². The fraction of sp³-hybridized carbons (Fsp3) is 0.609. The number of imide groups is 1. The molecule has 3 aliphatic rings. The Morgan fingerprint density at radius 1 is 1.10 bits per heavy atom. The second-order valence-electron chi connectivity index (χ2n) is 9.08. The second kappa shape index (κ2) is 8.76. The van der Waals surface area contributed by atoms with Crippen molar-refractivity contribution < 1.29 is 14.4 Å². The Kier molecular flexibility index (Phi) is 6.09. The highest BCUT2D eigenvalue weighted by Gasteiger charge is 2.52. The van der Waals surface area contributed by atoms with Gasteiger partial charge in [-0.1, -0.05) is 49.6 Å². The topological polar surface area (TPSA) is 81.8 Å². The molecule has 3 fully saturated rings. The highest BCUT2D eigenvalue weighted by molar-refractivity contribution is 6.08. The van der Waals surface area contributed by atoms with Crippen molar-refractivity contribution in [1.82, 2.24) is 20.7 Å². The zero-order valence-corrected chi connectivity index (χ0v) is 17.7. The molecule has 0 bridgehead atoms. The number of hydrogen-bond acceptors (Lipinski definition) is 4. The number of carbonyl (C=O) groups is 3. The van der Waals surface area contributed by atoms with E-state index in [0.717, 1.165) is 50.0 Å². The highest BCUT2D eigenvalue weighted by Crippen LogP contribution is 2.35. The van der Waals surface area contributed by atoms with Crippen LogP contribution in [0.5, 0.6) is 0 Å². The van der Waals surface area contributed by atoms with Gasteiger partial charge in [0.25, 0.3) is 11.8 Å². The first-order valence-corrected chi connectivity index (χ1v) is 11.2. The van der Waals surface area contributed by atoms with Gasteiger partial charge in [0, 0.05) is 6.04 Å². The molecule has 1 aromatic rings. The lowest BCUT2D eigenvalue weighted by molar-refractivity contribution is -0.140. The fourth-order valence-corrected chi connectivity index (χ4v) is 5.31. The molecule has 30 heavy (non-hydrogen) atoms. The van der Waals surface area contributed by atoms with Crippen LogP contribution in [0.25, 0.3) is 0 Å². The predicted molar refractivity (Wildman–Crippen MR) is 113 cm³/mol. The van der Waals surface area contributed by atoms with Crippen LogP contribution in [0.3, 0.4) is 0 Å². The van der Waals surface area contributed by atoms with Gasteiger partial charge in [-0.3, -0.25) is 19.9 Å². The number of urea groups is 1. The summed E-state index contributed by atoms with van der Waals surface area (Å²) in [7, 11) is 1.95. The molecule has 0 atom stereocenters. The van der Waals surface area contributed by atoms with Gasteiger partial charge in [-0.25, -0.2) is 4.79 Å². The van der Waals surface area contributed by atoms with Crippen molar-refractivity contribution in [2.75, 3.05) is 13.6 Å². The molecule has 162 valence electrons. The summed E-state index contributed by atoms with van der Waals surface area (Å²) in [4.78, 5) is 39.7. The van der Waals surface area contributed by atoms with Gasteiger partial charge in [0.15, 0.2) is 0 Å². The Balaban J connectivity index is 1.27. The summed E-state index contributed by atoms with van der Waals surface area (Å²) in [6.07, 6.45) is 8.50. The molecule has 2 saturated carbocycles. The van der Waals surface area contributed by atoms with Crippen LogP contribution in [0.1, 0.15) is 69.3 Å². The van der Waals surface area contributed by atoms with Crippen LogP contribution in [0.15, 0.2) is 30.3 Å². The Hall–Kier alpha value is -2.41. The van der Waals surface area contributed by atoms with E-state index in [0.29, 0.717) is 24.8 Å². The van der Waals surface area contributed by atoms with E-state index >= 15 is 0 Å². The molecule has 1 heterocycles. The van der Waals surface area contributed by atoms with Gasteiger partial charge < -0.3 is 5.32 Å². The Morgan fingerprint density at radius 3 is 2.43 bits per heavy atom. The number of amides is 4. The van der Waals surface area contributed by atoms with Gasteiger partial charge >= 0.3 is 6.03 Å². The minimum atomic E-state index is -0.815. The molecule has 2 N–H and O–H groups in total. The van der Waals surface area contributed by atoms with E-state index in [1.807, 2.05) is 18.0 Å². The van der Waals surface area contributed by atoms with Crippen molar-refractivity contribution in [2.24, 2.45) is 0 Å². The first-order valence-electron chi connectivity index (χ1n) is 11.2. The summed E-state index contributed by atoms with van der Waals surface area (Å²) in [5.41, 5.74) is 3.13. The zero-order valence-electron chi connectivity index (χ0n) is 17.7. The van der Waals surface area contributed by atoms with E-state index < -0.39 is 11.6 Å². The Morgan fingerprint density at radius 2 is 1.77 bits per heavy atom. The number of nitrogens with zero attached hydrogens (tertiary/aromatic N) is 2. The van der Waals surface area contributed by atoms with Crippen molar-refractivity contribution in [3.05, 3.63) is 35.9 Å². The van der Waals surface area contributed by atoms with Crippen molar-refractivity contribution >= 4 is 17.8 Å². The summed E-state index contributed by atoms with van der Waals surface area (Å²) >= 11 is 0. The maximum absolute atomic E-state index is 12.8. The molecule has 0 aromatic heterocycles. The van der Waals surface area contributed by atoms with Gasteiger partial charge in [0.05, 0.1) is 6.54 Å². The number of carbonyl (C=O) groups excluding carboxylic acids is 3. The van der Waals surface area contributed by atoms with Crippen molar-refractivity contribution in [1.29, 1.82) is 0 Å². The van der Waals surface area contributed by atoms with Crippen molar-refractivity contribution in [2.45, 2.75) is 75.3 Å². The van der Waals surface area contributed by atoms with Crippen LogP contribution in [0.4, 0.5) is 4.79 Å². The maximum Gasteiger partial charge on any atom is 0.344 e. The summed E-state index contributed by atoms with van der Waals surface area (Å²) in [5.74, 6) is -0.0482. The number of rotatable bonds is 5. The molecule has 2 aliphatic carbocycles. The standard InChI is InChI=1S/C23H32N4O3/c1-26(19-12-10-18(11-13-19)17-8-4-2-5-9-17)16-20(28)25-27-21(29)23(24-22(27)30)14-6-3-7-15-23/h2,4-5,8-9,18-19H,3,6-7,10-16H2,1H3,(H,24,30)(H,25,28). The summed E-state index contributed by atoms with van der Waals surface area (Å²) in [6, 6.07) is 10.4. The van der Waals surface area contributed by atoms with Gasteiger partial charge in [-0.15, -0.1) is 0 Å². The van der Waals surface area contributed by atoms with E-state index in [9.17, 15) is 14.4 Å². The summed E-state index contributed by atoms with van der Waals surface area (Å²) in [5, 5.41) is 3.72. The van der Waals surface area contributed by atoms with Gasteiger partial charge in [-0.05, 0) is 57.1 Å². The number of hydrazine groups is 1. The molecule has 0 radical (unpaired) electrons. The maximum atomic E-state index is 12.8. The molecule has 1 saturated heterocycles. The lowest BCUT2D eigenvalue weighted by atomic mass is 9.81.